The van der Waals surface area contributed by atoms with Crippen LogP contribution >= 0.6 is 0 Å². The number of amides is 2. The lowest BCUT2D eigenvalue weighted by molar-refractivity contribution is -0.132. The maximum absolute atomic E-state index is 12.1. The Morgan fingerprint density at radius 2 is 1.85 bits per heavy atom. The van der Waals surface area contributed by atoms with E-state index in [0.717, 1.165) is 16.5 Å². The molecule has 6 heteroatoms. The number of furan rings is 1. The van der Waals surface area contributed by atoms with Gasteiger partial charge in [0.05, 0.1) is 6.26 Å². The van der Waals surface area contributed by atoms with Crippen molar-refractivity contribution in [1.29, 1.82) is 0 Å². The molecular formula is C20H20N2O4. The number of benzene rings is 2. The number of carbonyl (C=O) groups excluding carboxylic acids is 2. The first-order valence-electron chi connectivity index (χ1n) is 8.38. The van der Waals surface area contributed by atoms with Gasteiger partial charge >= 0.3 is 0 Å². The standard InChI is InChI=1S/C20H20N2O4/c1-14(26-18-9-8-15-5-2-3-6-16(15)13-18)20(24)22-21-19(23)11-10-17-7-4-12-25-17/h2-9,12-14H,10-11H2,1H3,(H,21,23)(H,22,24). The monoisotopic (exact) mass is 352 g/mol. The van der Waals surface area contributed by atoms with Crippen LogP contribution < -0.4 is 15.6 Å². The molecule has 0 aliphatic rings. The zero-order chi connectivity index (χ0) is 18.4. The molecule has 3 rings (SSSR count). The molecular weight excluding hydrogens is 332 g/mol. The van der Waals surface area contributed by atoms with Crippen molar-refractivity contribution in [2.45, 2.75) is 25.9 Å². The van der Waals surface area contributed by atoms with Gasteiger partial charge in [0.15, 0.2) is 6.10 Å². The van der Waals surface area contributed by atoms with Crippen molar-refractivity contribution in [3.05, 3.63) is 66.6 Å². The highest BCUT2D eigenvalue weighted by molar-refractivity contribution is 5.85. The minimum absolute atomic E-state index is 0.216. The highest BCUT2D eigenvalue weighted by Gasteiger charge is 2.15. The quantitative estimate of drug-likeness (QED) is 0.669. The molecule has 2 amide bonds. The van der Waals surface area contributed by atoms with Crippen molar-refractivity contribution in [2.24, 2.45) is 0 Å². The number of hydrazine groups is 1. The first-order chi connectivity index (χ1) is 12.6. The number of aryl methyl sites for hydroxylation is 1. The average molecular weight is 352 g/mol. The summed E-state index contributed by atoms with van der Waals surface area (Å²) in [5.74, 6) is 0.590. The Labute approximate surface area is 151 Å². The van der Waals surface area contributed by atoms with E-state index in [1.165, 1.54) is 0 Å². The molecule has 0 spiro atoms. The van der Waals surface area contributed by atoms with E-state index in [4.69, 9.17) is 9.15 Å². The van der Waals surface area contributed by atoms with Crippen LogP contribution in [0.4, 0.5) is 0 Å². The van der Waals surface area contributed by atoms with Crippen LogP contribution in [-0.4, -0.2) is 17.9 Å². The highest BCUT2D eigenvalue weighted by Crippen LogP contribution is 2.21. The molecule has 1 atom stereocenters. The second-order valence-electron chi connectivity index (χ2n) is 5.89. The van der Waals surface area contributed by atoms with Crippen LogP contribution in [0, 0.1) is 0 Å². The van der Waals surface area contributed by atoms with Crippen molar-refractivity contribution < 1.29 is 18.7 Å². The Morgan fingerprint density at radius 1 is 1.04 bits per heavy atom. The lowest BCUT2D eigenvalue weighted by Crippen LogP contribution is -2.47. The summed E-state index contributed by atoms with van der Waals surface area (Å²) in [5.41, 5.74) is 4.76. The lowest BCUT2D eigenvalue weighted by atomic mass is 10.1. The predicted molar refractivity (Wildman–Crippen MR) is 97.4 cm³/mol. The van der Waals surface area contributed by atoms with Gasteiger partial charge in [0.25, 0.3) is 5.91 Å². The van der Waals surface area contributed by atoms with Gasteiger partial charge in [0.2, 0.25) is 5.91 Å². The maximum Gasteiger partial charge on any atom is 0.279 e. The molecule has 26 heavy (non-hydrogen) atoms. The van der Waals surface area contributed by atoms with Crippen LogP contribution in [0.1, 0.15) is 19.1 Å². The van der Waals surface area contributed by atoms with Crippen LogP contribution in [0.15, 0.2) is 65.3 Å². The number of fused-ring (bicyclic) bond motifs is 1. The number of nitrogens with one attached hydrogen (secondary N) is 2. The topological polar surface area (TPSA) is 80.6 Å². The van der Waals surface area contributed by atoms with Crippen LogP contribution in [0.5, 0.6) is 5.75 Å². The number of hydrogen-bond donors (Lipinski definition) is 2. The molecule has 0 fully saturated rings. The maximum atomic E-state index is 12.1. The molecule has 3 aromatic rings. The summed E-state index contributed by atoms with van der Waals surface area (Å²) >= 11 is 0. The minimum Gasteiger partial charge on any atom is -0.481 e. The molecule has 2 aromatic carbocycles. The molecule has 0 bridgehead atoms. The molecule has 0 aliphatic carbocycles. The van der Waals surface area contributed by atoms with Crippen molar-refractivity contribution >= 4 is 22.6 Å². The van der Waals surface area contributed by atoms with Gasteiger partial charge in [-0.15, -0.1) is 0 Å². The zero-order valence-electron chi connectivity index (χ0n) is 14.4. The van der Waals surface area contributed by atoms with E-state index in [0.29, 0.717) is 12.2 Å². The van der Waals surface area contributed by atoms with E-state index in [2.05, 4.69) is 10.9 Å². The summed E-state index contributed by atoms with van der Waals surface area (Å²) in [6.07, 6.45) is 1.49. The van der Waals surface area contributed by atoms with Crippen LogP contribution in [0.3, 0.4) is 0 Å². The minimum atomic E-state index is -0.749. The van der Waals surface area contributed by atoms with E-state index in [1.54, 1.807) is 25.3 Å². The molecule has 0 saturated heterocycles. The van der Waals surface area contributed by atoms with E-state index in [1.807, 2.05) is 42.5 Å². The van der Waals surface area contributed by atoms with Gasteiger partial charge in [-0.05, 0) is 42.0 Å². The van der Waals surface area contributed by atoms with Gasteiger partial charge in [0.1, 0.15) is 11.5 Å². The summed E-state index contributed by atoms with van der Waals surface area (Å²) in [7, 11) is 0. The van der Waals surface area contributed by atoms with Crippen molar-refractivity contribution in [3.8, 4) is 5.75 Å². The van der Waals surface area contributed by atoms with Gasteiger partial charge in [-0.2, -0.15) is 0 Å². The van der Waals surface area contributed by atoms with Gasteiger partial charge in [0, 0.05) is 12.8 Å². The largest absolute Gasteiger partial charge is 0.481 e. The normalized spacial score (nSPS) is 11.7. The fourth-order valence-electron chi connectivity index (χ4n) is 2.49. The van der Waals surface area contributed by atoms with Crippen LogP contribution in [0.2, 0.25) is 0 Å². The first kappa shape index (κ1) is 17.5. The summed E-state index contributed by atoms with van der Waals surface area (Å²) in [6, 6.07) is 17.1. The van der Waals surface area contributed by atoms with E-state index < -0.39 is 12.0 Å². The Morgan fingerprint density at radius 3 is 2.62 bits per heavy atom. The Bertz CT molecular complexity index is 890. The fraction of sp³-hybridized carbons (Fsp3) is 0.200. The van der Waals surface area contributed by atoms with Gasteiger partial charge < -0.3 is 9.15 Å². The van der Waals surface area contributed by atoms with Gasteiger partial charge in [-0.25, -0.2) is 0 Å². The number of carbonyl (C=O) groups is 2. The van der Waals surface area contributed by atoms with Crippen LogP contribution in [0.25, 0.3) is 10.8 Å². The predicted octanol–water partition coefficient (Wildman–Crippen LogP) is 2.98. The molecule has 1 unspecified atom stereocenters. The number of rotatable bonds is 6. The third kappa shape index (κ3) is 4.63. The molecule has 0 saturated carbocycles. The van der Waals surface area contributed by atoms with Crippen molar-refractivity contribution in [2.75, 3.05) is 0 Å². The van der Waals surface area contributed by atoms with E-state index in [9.17, 15) is 9.59 Å². The van der Waals surface area contributed by atoms with Crippen LogP contribution in [-0.2, 0) is 16.0 Å². The average Bonchev–Trinajstić information content (AvgIpc) is 3.18. The summed E-state index contributed by atoms with van der Waals surface area (Å²) < 4.78 is 10.8. The number of ether oxygens (including phenoxy) is 1. The molecule has 6 nitrogen and oxygen atoms in total. The third-order valence-corrected chi connectivity index (χ3v) is 3.91. The molecule has 1 aromatic heterocycles. The summed E-state index contributed by atoms with van der Waals surface area (Å²) in [4.78, 5) is 23.8. The second kappa shape index (κ2) is 8.20. The highest BCUT2D eigenvalue weighted by atomic mass is 16.5. The molecule has 0 aliphatic heterocycles. The SMILES string of the molecule is CC(Oc1ccc2ccccc2c1)C(=O)NNC(=O)CCc1ccco1. The summed E-state index contributed by atoms with van der Waals surface area (Å²) in [6.45, 7) is 1.62. The molecule has 134 valence electrons. The molecule has 2 N–H and O–H groups in total. The summed E-state index contributed by atoms with van der Waals surface area (Å²) in [5, 5.41) is 2.13. The fourth-order valence-corrected chi connectivity index (χ4v) is 2.49. The van der Waals surface area contributed by atoms with E-state index in [-0.39, 0.29) is 12.3 Å². The molecule has 1 heterocycles. The van der Waals surface area contributed by atoms with Crippen molar-refractivity contribution in [1.82, 2.24) is 10.9 Å². The Kier molecular flexibility index (Phi) is 5.53. The Balaban J connectivity index is 1.46. The van der Waals surface area contributed by atoms with Gasteiger partial charge in [-0.1, -0.05) is 30.3 Å². The van der Waals surface area contributed by atoms with E-state index >= 15 is 0 Å². The van der Waals surface area contributed by atoms with Crippen molar-refractivity contribution in [3.63, 3.8) is 0 Å². The zero-order valence-corrected chi connectivity index (χ0v) is 14.4. The molecule has 0 radical (unpaired) electrons. The number of hydrogen-bond acceptors (Lipinski definition) is 4. The Hall–Kier alpha value is -3.28. The first-order valence-corrected chi connectivity index (χ1v) is 8.38. The smallest absolute Gasteiger partial charge is 0.279 e. The third-order valence-electron chi connectivity index (χ3n) is 3.91. The van der Waals surface area contributed by atoms with Gasteiger partial charge in [-0.3, -0.25) is 20.4 Å². The lowest BCUT2D eigenvalue weighted by Gasteiger charge is -2.15. The second-order valence-corrected chi connectivity index (χ2v) is 5.89.